The molecule has 0 aliphatic heterocycles. The number of aromatic nitrogens is 3. The number of ether oxygens (including phenoxy) is 1. The predicted molar refractivity (Wildman–Crippen MR) is 133 cm³/mol. The SMILES string of the molecule is COc1cccc(CSc2nnc(C(C)NC(=O)c3cccc(F)c3)n2-c2ccc([N+](=O)[O-])cc2)c1. The Morgan fingerprint density at radius 2 is 1.89 bits per heavy atom. The molecule has 184 valence electrons. The highest BCUT2D eigenvalue weighted by Crippen LogP contribution is 2.29. The van der Waals surface area contributed by atoms with Gasteiger partial charge in [-0.15, -0.1) is 10.2 Å². The summed E-state index contributed by atoms with van der Waals surface area (Å²) < 4.78 is 20.6. The fourth-order valence-corrected chi connectivity index (χ4v) is 4.41. The van der Waals surface area contributed by atoms with Crippen LogP contribution in [0.2, 0.25) is 0 Å². The maximum absolute atomic E-state index is 13.6. The zero-order valence-electron chi connectivity index (χ0n) is 19.4. The van der Waals surface area contributed by atoms with Gasteiger partial charge in [-0.05, 0) is 55.0 Å². The highest BCUT2D eigenvalue weighted by molar-refractivity contribution is 7.98. The van der Waals surface area contributed by atoms with Crippen LogP contribution >= 0.6 is 11.8 Å². The standard InChI is InChI=1S/C25H22FN5O4S/c1-16(27-24(32)18-6-4-7-19(26)14-18)23-28-29-25(36-15-17-5-3-8-22(13-17)35-2)30(23)20-9-11-21(12-10-20)31(33)34/h3-14,16H,15H2,1-2H3,(H,27,32). The van der Waals surface area contributed by atoms with Crippen LogP contribution in [0.1, 0.15) is 34.7 Å². The first-order valence-electron chi connectivity index (χ1n) is 10.9. The van der Waals surface area contributed by atoms with E-state index in [2.05, 4.69) is 15.5 Å². The topological polar surface area (TPSA) is 112 Å². The van der Waals surface area contributed by atoms with Gasteiger partial charge in [-0.1, -0.05) is 30.0 Å². The zero-order chi connectivity index (χ0) is 25.7. The first kappa shape index (κ1) is 24.9. The number of hydrogen-bond donors (Lipinski definition) is 1. The highest BCUT2D eigenvalue weighted by Gasteiger charge is 2.22. The minimum atomic E-state index is -0.602. The summed E-state index contributed by atoms with van der Waals surface area (Å²) in [7, 11) is 1.60. The molecule has 3 aromatic carbocycles. The van der Waals surface area contributed by atoms with Crippen molar-refractivity contribution < 1.29 is 18.8 Å². The molecule has 11 heteroatoms. The van der Waals surface area contributed by atoms with Crippen LogP contribution < -0.4 is 10.1 Å². The maximum Gasteiger partial charge on any atom is 0.269 e. The first-order chi connectivity index (χ1) is 17.4. The normalized spacial score (nSPS) is 11.6. The van der Waals surface area contributed by atoms with Crippen molar-refractivity contribution in [2.45, 2.75) is 23.9 Å². The van der Waals surface area contributed by atoms with Gasteiger partial charge in [0.2, 0.25) is 0 Å². The number of benzene rings is 3. The summed E-state index contributed by atoms with van der Waals surface area (Å²) in [5, 5.41) is 23.1. The molecule has 1 heterocycles. The third-order valence-electron chi connectivity index (χ3n) is 5.30. The summed E-state index contributed by atoms with van der Waals surface area (Å²) in [6.45, 7) is 1.74. The molecule has 9 nitrogen and oxygen atoms in total. The van der Waals surface area contributed by atoms with E-state index in [1.807, 2.05) is 24.3 Å². The number of hydrogen-bond acceptors (Lipinski definition) is 7. The Balaban J connectivity index is 1.64. The lowest BCUT2D eigenvalue weighted by Crippen LogP contribution is -2.28. The summed E-state index contributed by atoms with van der Waals surface area (Å²) in [6, 6.07) is 18.4. The molecule has 0 saturated carbocycles. The molecule has 0 fully saturated rings. The van der Waals surface area contributed by atoms with Crippen LogP contribution in [0.3, 0.4) is 0 Å². The Labute approximate surface area is 210 Å². The molecule has 0 saturated heterocycles. The van der Waals surface area contributed by atoms with Crippen molar-refractivity contribution in [2.24, 2.45) is 0 Å². The largest absolute Gasteiger partial charge is 0.497 e. The summed E-state index contributed by atoms with van der Waals surface area (Å²) >= 11 is 1.42. The number of rotatable bonds is 9. The summed E-state index contributed by atoms with van der Waals surface area (Å²) in [5.74, 6) is 0.735. The van der Waals surface area contributed by atoms with Crippen molar-refractivity contribution >= 4 is 23.4 Å². The van der Waals surface area contributed by atoms with Gasteiger partial charge in [-0.3, -0.25) is 19.5 Å². The molecule has 1 unspecified atom stereocenters. The second-order valence-electron chi connectivity index (χ2n) is 7.80. The summed E-state index contributed by atoms with van der Waals surface area (Å²) in [4.78, 5) is 23.3. The van der Waals surface area contributed by atoms with Crippen molar-refractivity contribution in [3.05, 3.63) is 106 Å². The second-order valence-corrected chi connectivity index (χ2v) is 8.74. The molecule has 0 bridgehead atoms. The third kappa shape index (κ3) is 5.69. The number of nitrogens with zero attached hydrogens (tertiary/aromatic N) is 4. The average Bonchev–Trinajstić information content (AvgIpc) is 3.31. The molecule has 36 heavy (non-hydrogen) atoms. The average molecular weight is 508 g/mol. The van der Waals surface area contributed by atoms with Crippen molar-refractivity contribution in [1.29, 1.82) is 0 Å². The number of carbonyl (C=O) groups is 1. The van der Waals surface area contributed by atoms with Crippen LogP contribution in [-0.2, 0) is 5.75 Å². The van der Waals surface area contributed by atoms with Crippen LogP contribution in [0.25, 0.3) is 5.69 Å². The number of thioether (sulfide) groups is 1. The lowest BCUT2D eigenvalue weighted by molar-refractivity contribution is -0.384. The minimum Gasteiger partial charge on any atom is -0.497 e. The number of nitro benzene ring substituents is 1. The molecule has 1 aromatic heterocycles. The van der Waals surface area contributed by atoms with Gasteiger partial charge in [-0.2, -0.15) is 0 Å². The molecule has 1 atom stereocenters. The number of nitrogens with one attached hydrogen (secondary N) is 1. The molecular formula is C25H22FN5O4S. The quantitative estimate of drug-likeness (QED) is 0.190. The Morgan fingerprint density at radius 3 is 2.58 bits per heavy atom. The van der Waals surface area contributed by atoms with Crippen LogP contribution in [-0.4, -0.2) is 32.7 Å². The van der Waals surface area contributed by atoms with E-state index in [-0.39, 0.29) is 11.3 Å². The van der Waals surface area contributed by atoms with Crippen molar-refractivity contribution in [3.63, 3.8) is 0 Å². The van der Waals surface area contributed by atoms with E-state index in [1.165, 1.54) is 42.1 Å². The molecule has 4 rings (SSSR count). The first-order valence-corrected chi connectivity index (χ1v) is 11.9. The fraction of sp³-hybridized carbons (Fsp3) is 0.160. The van der Waals surface area contributed by atoms with E-state index in [0.717, 1.165) is 17.4 Å². The van der Waals surface area contributed by atoms with Crippen LogP contribution in [0, 0.1) is 15.9 Å². The van der Waals surface area contributed by atoms with Gasteiger partial charge in [-0.25, -0.2) is 4.39 Å². The number of non-ortho nitro benzene ring substituents is 1. The zero-order valence-corrected chi connectivity index (χ0v) is 20.2. The van der Waals surface area contributed by atoms with E-state index in [4.69, 9.17) is 4.74 Å². The molecular weight excluding hydrogens is 485 g/mol. The van der Waals surface area contributed by atoms with E-state index in [1.54, 1.807) is 30.7 Å². The smallest absolute Gasteiger partial charge is 0.269 e. The number of nitro groups is 1. The Hall–Kier alpha value is -4.25. The van der Waals surface area contributed by atoms with Gasteiger partial charge < -0.3 is 10.1 Å². The fourth-order valence-electron chi connectivity index (χ4n) is 3.51. The monoisotopic (exact) mass is 507 g/mol. The lowest BCUT2D eigenvalue weighted by Gasteiger charge is -2.16. The van der Waals surface area contributed by atoms with E-state index in [0.29, 0.717) is 22.4 Å². The van der Waals surface area contributed by atoms with Crippen molar-refractivity contribution in [2.75, 3.05) is 7.11 Å². The van der Waals surface area contributed by atoms with Crippen molar-refractivity contribution in [3.8, 4) is 11.4 Å². The molecule has 1 amide bonds. The van der Waals surface area contributed by atoms with Crippen molar-refractivity contribution in [1.82, 2.24) is 20.1 Å². The molecule has 0 aliphatic rings. The van der Waals surface area contributed by atoms with Crippen LogP contribution in [0.4, 0.5) is 10.1 Å². The summed E-state index contributed by atoms with van der Waals surface area (Å²) in [5.41, 5.74) is 1.73. The van der Waals surface area contributed by atoms with Crippen LogP contribution in [0.5, 0.6) is 5.75 Å². The number of halogens is 1. The van der Waals surface area contributed by atoms with Gasteiger partial charge in [0.25, 0.3) is 11.6 Å². The molecule has 0 radical (unpaired) electrons. The lowest BCUT2D eigenvalue weighted by atomic mass is 10.2. The Bertz CT molecular complexity index is 1390. The third-order valence-corrected chi connectivity index (χ3v) is 6.30. The molecule has 1 N–H and O–H groups in total. The maximum atomic E-state index is 13.6. The number of methoxy groups -OCH3 is 1. The Morgan fingerprint density at radius 1 is 1.14 bits per heavy atom. The van der Waals surface area contributed by atoms with Gasteiger partial charge in [0.05, 0.1) is 18.1 Å². The van der Waals surface area contributed by atoms with Crippen LogP contribution in [0.15, 0.2) is 78.0 Å². The number of amides is 1. The highest BCUT2D eigenvalue weighted by atomic mass is 32.2. The number of carbonyl (C=O) groups excluding carboxylic acids is 1. The van der Waals surface area contributed by atoms with E-state index >= 15 is 0 Å². The summed E-state index contributed by atoms with van der Waals surface area (Å²) in [6.07, 6.45) is 0. The van der Waals surface area contributed by atoms with E-state index < -0.39 is 22.7 Å². The molecule has 0 spiro atoms. The molecule has 4 aromatic rings. The second kappa shape index (κ2) is 11.0. The Kier molecular flexibility index (Phi) is 7.59. The van der Waals surface area contributed by atoms with Gasteiger partial charge in [0, 0.05) is 29.1 Å². The van der Waals surface area contributed by atoms with Gasteiger partial charge in [0.15, 0.2) is 11.0 Å². The van der Waals surface area contributed by atoms with Gasteiger partial charge >= 0.3 is 0 Å². The molecule has 0 aliphatic carbocycles. The predicted octanol–water partition coefficient (Wildman–Crippen LogP) is 5.11. The minimum absolute atomic E-state index is 0.0496. The van der Waals surface area contributed by atoms with E-state index in [9.17, 15) is 19.3 Å². The van der Waals surface area contributed by atoms with Gasteiger partial charge in [0.1, 0.15) is 11.6 Å².